The van der Waals surface area contributed by atoms with E-state index in [2.05, 4.69) is 15.2 Å². The maximum atomic E-state index is 10.7. The van der Waals surface area contributed by atoms with E-state index in [9.17, 15) is 4.79 Å². The van der Waals surface area contributed by atoms with E-state index in [4.69, 9.17) is 10.8 Å². The summed E-state index contributed by atoms with van der Waals surface area (Å²) < 4.78 is 1.74. The normalized spacial score (nSPS) is 10.7. The molecule has 0 spiro atoms. The van der Waals surface area contributed by atoms with Gasteiger partial charge in [-0.1, -0.05) is 0 Å². The molecule has 0 aromatic carbocycles. The van der Waals surface area contributed by atoms with Crippen molar-refractivity contribution in [2.75, 3.05) is 5.73 Å². The van der Waals surface area contributed by atoms with Crippen molar-refractivity contribution < 1.29 is 9.90 Å². The van der Waals surface area contributed by atoms with Crippen LogP contribution in [-0.2, 0) is 6.54 Å². The number of aryl methyl sites for hydroxylation is 1. The number of hydrogen-bond acceptors (Lipinski definition) is 5. The van der Waals surface area contributed by atoms with Crippen LogP contribution >= 0.6 is 0 Å². The van der Waals surface area contributed by atoms with E-state index in [-0.39, 0.29) is 11.4 Å². The Kier molecular flexibility index (Phi) is 2.00. The molecule has 78 valence electrons. The van der Waals surface area contributed by atoms with Gasteiger partial charge < -0.3 is 15.4 Å². The number of carbonyl (C=O) groups is 1. The van der Waals surface area contributed by atoms with Crippen LogP contribution in [0.25, 0.3) is 11.2 Å². The van der Waals surface area contributed by atoms with Crippen molar-refractivity contribution in [3.63, 3.8) is 0 Å². The number of fused-ring (bicyclic) bond motifs is 1. The first-order valence-electron chi connectivity index (χ1n) is 4.35. The van der Waals surface area contributed by atoms with Crippen LogP contribution in [-0.4, -0.2) is 30.8 Å². The van der Waals surface area contributed by atoms with Gasteiger partial charge in [0.05, 0.1) is 12.0 Å². The molecule has 0 aliphatic heterocycles. The van der Waals surface area contributed by atoms with Gasteiger partial charge in [0, 0.05) is 6.54 Å². The molecule has 0 radical (unpaired) electrons. The first-order chi connectivity index (χ1) is 7.15. The Labute approximate surface area is 84.6 Å². The molecule has 15 heavy (non-hydrogen) atoms. The summed E-state index contributed by atoms with van der Waals surface area (Å²) in [6, 6.07) is 0. The van der Waals surface area contributed by atoms with Crippen LogP contribution in [0.3, 0.4) is 0 Å². The zero-order chi connectivity index (χ0) is 11.0. The highest BCUT2D eigenvalue weighted by atomic mass is 16.4. The number of nitrogen functional groups attached to an aromatic ring is 1. The molecule has 7 nitrogen and oxygen atoms in total. The molecule has 0 bridgehead atoms. The lowest BCUT2D eigenvalue weighted by atomic mass is 10.3. The van der Waals surface area contributed by atoms with Gasteiger partial charge in [-0.05, 0) is 6.92 Å². The van der Waals surface area contributed by atoms with Crippen molar-refractivity contribution in [1.82, 2.24) is 19.7 Å². The number of aromatic nitrogens is 4. The van der Waals surface area contributed by atoms with E-state index in [0.717, 1.165) is 0 Å². The van der Waals surface area contributed by atoms with Crippen molar-refractivity contribution in [3.8, 4) is 0 Å². The SMILES string of the molecule is CCn1cnc2c(N)c(C(=O)O)nnc21. The lowest BCUT2D eigenvalue weighted by Crippen LogP contribution is -2.08. The molecular weight excluding hydrogens is 198 g/mol. The van der Waals surface area contributed by atoms with Crippen molar-refractivity contribution in [2.24, 2.45) is 0 Å². The molecule has 0 aliphatic rings. The number of carboxylic acid groups (broad SMARTS) is 1. The number of nitrogens with zero attached hydrogens (tertiary/aromatic N) is 4. The van der Waals surface area contributed by atoms with E-state index in [1.807, 2.05) is 6.92 Å². The third-order valence-corrected chi connectivity index (χ3v) is 2.11. The average molecular weight is 207 g/mol. The lowest BCUT2D eigenvalue weighted by molar-refractivity contribution is 0.0691. The molecule has 3 N–H and O–H groups in total. The molecule has 0 atom stereocenters. The molecule has 0 saturated carbocycles. The summed E-state index contributed by atoms with van der Waals surface area (Å²) in [5.74, 6) is -1.20. The molecule has 0 fully saturated rings. The van der Waals surface area contributed by atoms with Crippen molar-refractivity contribution in [3.05, 3.63) is 12.0 Å². The quantitative estimate of drug-likeness (QED) is 0.724. The fourth-order valence-electron chi connectivity index (χ4n) is 1.32. The van der Waals surface area contributed by atoms with E-state index in [1.54, 1.807) is 10.9 Å². The van der Waals surface area contributed by atoms with E-state index >= 15 is 0 Å². The smallest absolute Gasteiger partial charge is 0.358 e. The summed E-state index contributed by atoms with van der Waals surface area (Å²) in [6.45, 7) is 2.60. The van der Waals surface area contributed by atoms with Gasteiger partial charge in [-0.25, -0.2) is 9.78 Å². The number of hydrogen-bond donors (Lipinski definition) is 2. The second-order valence-corrected chi connectivity index (χ2v) is 2.97. The summed E-state index contributed by atoms with van der Waals surface area (Å²) in [7, 11) is 0. The van der Waals surface area contributed by atoms with Crippen LogP contribution in [0.15, 0.2) is 6.33 Å². The Morgan fingerprint density at radius 2 is 2.33 bits per heavy atom. The molecular formula is C8H9N5O2. The Hall–Kier alpha value is -2.18. The van der Waals surface area contributed by atoms with Crippen molar-refractivity contribution in [2.45, 2.75) is 13.5 Å². The fourth-order valence-corrected chi connectivity index (χ4v) is 1.32. The van der Waals surface area contributed by atoms with E-state index < -0.39 is 5.97 Å². The number of nitrogens with two attached hydrogens (primary N) is 1. The second kappa shape index (κ2) is 3.19. The Balaban J connectivity index is 2.75. The monoisotopic (exact) mass is 207 g/mol. The van der Waals surface area contributed by atoms with E-state index in [0.29, 0.717) is 17.7 Å². The minimum Gasteiger partial charge on any atom is -0.476 e. The second-order valence-electron chi connectivity index (χ2n) is 2.97. The average Bonchev–Trinajstić information content (AvgIpc) is 2.61. The van der Waals surface area contributed by atoms with Crippen LogP contribution in [0.2, 0.25) is 0 Å². The Bertz CT molecular complexity index is 533. The van der Waals surface area contributed by atoms with Crippen molar-refractivity contribution in [1.29, 1.82) is 0 Å². The van der Waals surface area contributed by atoms with Gasteiger partial charge in [0.15, 0.2) is 11.3 Å². The van der Waals surface area contributed by atoms with E-state index in [1.165, 1.54) is 0 Å². The number of imidazole rings is 1. The van der Waals surface area contributed by atoms with Crippen LogP contribution in [0, 0.1) is 0 Å². The van der Waals surface area contributed by atoms with Gasteiger partial charge in [0.25, 0.3) is 0 Å². The highest BCUT2D eigenvalue weighted by Crippen LogP contribution is 2.19. The minimum absolute atomic E-state index is 0.0553. The van der Waals surface area contributed by atoms with Gasteiger partial charge in [0.2, 0.25) is 0 Å². The fraction of sp³-hybridized carbons (Fsp3) is 0.250. The van der Waals surface area contributed by atoms with Gasteiger partial charge in [-0.15, -0.1) is 10.2 Å². The van der Waals surface area contributed by atoms with Gasteiger partial charge >= 0.3 is 5.97 Å². The molecule has 7 heteroatoms. The number of aromatic carboxylic acids is 1. The summed E-state index contributed by atoms with van der Waals surface area (Å²) in [5, 5.41) is 16.1. The maximum Gasteiger partial charge on any atom is 0.358 e. The molecule has 0 aliphatic carbocycles. The summed E-state index contributed by atoms with van der Waals surface area (Å²) in [6.07, 6.45) is 1.56. The van der Waals surface area contributed by atoms with Gasteiger partial charge in [-0.3, -0.25) is 0 Å². The summed E-state index contributed by atoms with van der Waals surface area (Å²) in [5.41, 5.74) is 6.30. The number of carboxylic acids is 1. The van der Waals surface area contributed by atoms with Crippen molar-refractivity contribution >= 4 is 22.8 Å². The third-order valence-electron chi connectivity index (χ3n) is 2.11. The highest BCUT2D eigenvalue weighted by Gasteiger charge is 2.16. The molecule has 0 unspecified atom stereocenters. The largest absolute Gasteiger partial charge is 0.476 e. The van der Waals surface area contributed by atoms with Gasteiger partial charge in [-0.2, -0.15) is 0 Å². The van der Waals surface area contributed by atoms with Crippen LogP contribution < -0.4 is 5.73 Å². The van der Waals surface area contributed by atoms with Crippen LogP contribution in [0.1, 0.15) is 17.4 Å². The molecule has 2 heterocycles. The predicted octanol–water partition coefficient (Wildman–Crippen LogP) is 0.127. The predicted molar refractivity (Wildman–Crippen MR) is 52.4 cm³/mol. The molecule has 0 amide bonds. The first kappa shape index (κ1) is 9.38. The van der Waals surface area contributed by atoms with Crippen LogP contribution in [0.5, 0.6) is 0 Å². The molecule has 2 aromatic heterocycles. The van der Waals surface area contributed by atoms with Crippen LogP contribution in [0.4, 0.5) is 5.69 Å². The standard InChI is InChI=1S/C8H9N5O2/c1-2-13-3-10-5-4(9)6(8(14)15)11-12-7(5)13/h3H,2H2,1H3,(H2,9,12)(H,14,15). The Morgan fingerprint density at radius 3 is 2.93 bits per heavy atom. The van der Waals surface area contributed by atoms with Gasteiger partial charge in [0.1, 0.15) is 5.52 Å². The molecule has 2 rings (SSSR count). The highest BCUT2D eigenvalue weighted by molar-refractivity contribution is 5.99. The zero-order valence-corrected chi connectivity index (χ0v) is 8.01. The first-order valence-corrected chi connectivity index (χ1v) is 4.35. The number of rotatable bonds is 2. The lowest BCUT2D eigenvalue weighted by Gasteiger charge is -2.00. The minimum atomic E-state index is -1.20. The third kappa shape index (κ3) is 1.28. The summed E-state index contributed by atoms with van der Waals surface area (Å²) >= 11 is 0. The Morgan fingerprint density at radius 1 is 1.60 bits per heavy atom. The topological polar surface area (TPSA) is 107 Å². The summed E-state index contributed by atoms with van der Waals surface area (Å²) in [4.78, 5) is 14.7. The number of anilines is 1. The molecule has 0 saturated heterocycles. The zero-order valence-electron chi connectivity index (χ0n) is 8.01. The maximum absolute atomic E-state index is 10.7. The molecule has 2 aromatic rings.